The maximum atomic E-state index is 13.1. The second-order valence-corrected chi connectivity index (χ2v) is 6.70. The Morgan fingerprint density at radius 2 is 1.67 bits per heavy atom. The van der Waals surface area contributed by atoms with Crippen LogP contribution in [0.2, 0.25) is 0 Å². The summed E-state index contributed by atoms with van der Waals surface area (Å²) in [6, 6.07) is 16.5. The molecule has 1 N–H and O–H groups in total. The van der Waals surface area contributed by atoms with E-state index >= 15 is 0 Å². The smallest absolute Gasteiger partial charge is 0.360 e. The van der Waals surface area contributed by atoms with Crippen molar-refractivity contribution in [2.24, 2.45) is 0 Å². The molecule has 1 fully saturated rings. The van der Waals surface area contributed by atoms with Gasteiger partial charge in [-0.25, -0.2) is 4.79 Å². The van der Waals surface area contributed by atoms with E-state index in [1.165, 1.54) is 0 Å². The number of rotatable bonds is 4. The van der Waals surface area contributed by atoms with Gasteiger partial charge in [-0.2, -0.15) is 5.10 Å². The molecule has 0 bridgehead atoms. The summed E-state index contributed by atoms with van der Waals surface area (Å²) in [4.78, 5) is 27.7. The number of fused-ring (bicyclic) bond motifs is 1. The molecule has 1 atom stereocenters. The first-order valence-electron chi connectivity index (χ1n) is 9.22. The number of nitrogens with zero attached hydrogens (tertiary/aromatic N) is 2. The summed E-state index contributed by atoms with van der Waals surface area (Å²) in [7, 11) is 0. The number of benzene rings is 2. The number of nitrogens with one attached hydrogen (secondary N) is 1. The van der Waals surface area contributed by atoms with E-state index in [0.717, 1.165) is 24.8 Å². The highest BCUT2D eigenvalue weighted by atomic mass is 16.5. The van der Waals surface area contributed by atoms with Gasteiger partial charge in [0, 0.05) is 24.0 Å². The predicted octanol–water partition coefficient (Wildman–Crippen LogP) is 3.47. The molecule has 1 aliphatic rings. The topological polar surface area (TPSA) is 75.3 Å². The number of hydrogen-bond donors (Lipinski definition) is 1. The minimum absolute atomic E-state index is 0.172. The molecule has 0 aliphatic carbocycles. The minimum atomic E-state index is -0.965. The van der Waals surface area contributed by atoms with Crippen molar-refractivity contribution in [1.29, 1.82) is 0 Å². The lowest BCUT2D eigenvalue weighted by molar-refractivity contribution is -0.142. The molecule has 0 spiro atoms. The van der Waals surface area contributed by atoms with Gasteiger partial charge in [-0.15, -0.1) is 0 Å². The van der Waals surface area contributed by atoms with Crippen molar-refractivity contribution in [2.45, 2.75) is 25.4 Å². The van der Waals surface area contributed by atoms with Crippen molar-refractivity contribution < 1.29 is 14.3 Å². The molecule has 4 rings (SSSR count). The average Bonchev–Trinajstić information content (AvgIpc) is 3.17. The largest absolute Gasteiger partial charge is 0.442 e. The molecule has 2 aromatic carbocycles. The van der Waals surface area contributed by atoms with Gasteiger partial charge < -0.3 is 9.64 Å². The highest BCUT2D eigenvalue weighted by molar-refractivity contribution is 6.02. The number of aromatic nitrogens is 2. The Bertz CT molecular complexity index is 945. The van der Waals surface area contributed by atoms with Crippen molar-refractivity contribution in [3.8, 4) is 0 Å². The van der Waals surface area contributed by atoms with E-state index in [4.69, 9.17) is 4.74 Å². The average molecular weight is 363 g/mol. The van der Waals surface area contributed by atoms with E-state index in [-0.39, 0.29) is 11.6 Å². The number of hydrogen-bond acceptors (Lipinski definition) is 4. The Morgan fingerprint density at radius 3 is 2.44 bits per heavy atom. The Kier molecular flexibility index (Phi) is 4.87. The quantitative estimate of drug-likeness (QED) is 0.720. The number of aromatic amines is 1. The van der Waals surface area contributed by atoms with Crippen LogP contribution in [0.15, 0.2) is 54.6 Å². The molecule has 6 nitrogen and oxygen atoms in total. The summed E-state index contributed by atoms with van der Waals surface area (Å²) in [5.74, 6) is -0.777. The van der Waals surface area contributed by atoms with Crippen LogP contribution in [0.25, 0.3) is 10.9 Å². The zero-order chi connectivity index (χ0) is 18.6. The Balaban J connectivity index is 1.62. The fourth-order valence-corrected chi connectivity index (χ4v) is 3.45. The van der Waals surface area contributed by atoms with Gasteiger partial charge in [-0.3, -0.25) is 9.89 Å². The number of H-pyrrole nitrogens is 1. The van der Waals surface area contributed by atoms with Crippen LogP contribution in [0.3, 0.4) is 0 Å². The zero-order valence-corrected chi connectivity index (χ0v) is 14.9. The number of amides is 1. The number of carbonyl (C=O) groups excluding carboxylic acids is 2. The SMILES string of the molecule is O=C(O[C@H](C(=O)N1CCCCC1)c1ccccc1)c1n[nH]c2ccccc12. The van der Waals surface area contributed by atoms with Crippen LogP contribution >= 0.6 is 0 Å². The third-order valence-corrected chi connectivity index (χ3v) is 4.88. The fraction of sp³-hybridized carbons (Fsp3) is 0.286. The maximum absolute atomic E-state index is 13.1. The number of carbonyl (C=O) groups is 2. The van der Waals surface area contributed by atoms with Crippen molar-refractivity contribution in [3.05, 3.63) is 65.9 Å². The molecule has 0 saturated carbocycles. The molecule has 6 heteroatoms. The van der Waals surface area contributed by atoms with Gasteiger partial charge in [0.15, 0.2) is 5.69 Å². The highest BCUT2D eigenvalue weighted by Crippen LogP contribution is 2.25. The highest BCUT2D eigenvalue weighted by Gasteiger charge is 2.31. The van der Waals surface area contributed by atoms with Crippen LogP contribution in [0, 0.1) is 0 Å². The third kappa shape index (κ3) is 3.56. The minimum Gasteiger partial charge on any atom is -0.442 e. The second-order valence-electron chi connectivity index (χ2n) is 6.70. The van der Waals surface area contributed by atoms with Gasteiger partial charge in [-0.05, 0) is 25.3 Å². The molecule has 1 aliphatic heterocycles. The van der Waals surface area contributed by atoms with E-state index in [0.29, 0.717) is 24.0 Å². The number of para-hydroxylation sites is 1. The molecule has 27 heavy (non-hydrogen) atoms. The number of piperidine rings is 1. The first-order valence-corrected chi connectivity index (χ1v) is 9.22. The van der Waals surface area contributed by atoms with Crippen molar-refractivity contribution in [3.63, 3.8) is 0 Å². The molecule has 2 heterocycles. The zero-order valence-electron chi connectivity index (χ0n) is 14.9. The lowest BCUT2D eigenvalue weighted by Gasteiger charge is -2.30. The first-order chi connectivity index (χ1) is 13.2. The normalized spacial score (nSPS) is 15.5. The Labute approximate surface area is 157 Å². The van der Waals surface area contributed by atoms with Crippen molar-refractivity contribution in [2.75, 3.05) is 13.1 Å². The lowest BCUT2D eigenvalue weighted by atomic mass is 10.1. The van der Waals surface area contributed by atoms with Gasteiger partial charge in [0.2, 0.25) is 6.10 Å². The first kappa shape index (κ1) is 17.3. The lowest BCUT2D eigenvalue weighted by Crippen LogP contribution is -2.40. The van der Waals surface area contributed by atoms with Crippen LogP contribution in [0.5, 0.6) is 0 Å². The van der Waals surface area contributed by atoms with E-state index < -0.39 is 12.1 Å². The van der Waals surface area contributed by atoms with Gasteiger partial charge in [0.25, 0.3) is 5.91 Å². The molecule has 138 valence electrons. The summed E-state index contributed by atoms with van der Waals surface area (Å²) < 4.78 is 5.69. The summed E-state index contributed by atoms with van der Waals surface area (Å²) in [5.41, 5.74) is 1.61. The van der Waals surface area contributed by atoms with Crippen LogP contribution in [-0.2, 0) is 9.53 Å². The Hall–Kier alpha value is -3.15. The molecular formula is C21H21N3O3. The number of likely N-dealkylation sites (tertiary alicyclic amines) is 1. The summed E-state index contributed by atoms with van der Waals surface area (Å²) in [6.07, 6.45) is 2.11. The summed E-state index contributed by atoms with van der Waals surface area (Å²) in [6.45, 7) is 1.40. The van der Waals surface area contributed by atoms with E-state index in [2.05, 4.69) is 10.2 Å². The van der Waals surface area contributed by atoms with Crippen LogP contribution in [0.4, 0.5) is 0 Å². The van der Waals surface area contributed by atoms with Gasteiger partial charge in [0.05, 0.1) is 5.52 Å². The molecule has 1 amide bonds. The standard InChI is InChI=1S/C21H21N3O3/c25-20(24-13-7-2-8-14-24)19(15-9-3-1-4-10-15)27-21(26)18-16-11-5-6-12-17(16)22-23-18/h1,3-6,9-12,19H,2,7-8,13-14H2,(H,22,23)/t19-/m0/s1. The number of ether oxygens (including phenoxy) is 1. The van der Waals surface area contributed by atoms with Crippen molar-refractivity contribution in [1.82, 2.24) is 15.1 Å². The monoisotopic (exact) mass is 363 g/mol. The van der Waals surface area contributed by atoms with Crippen LogP contribution in [0.1, 0.15) is 41.4 Å². The maximum Gasteiger partial charge on any atom is 0.360 e. The van der Waals surface area contributed by atoms with Crippen LogP contribution < -0.4 is 0 Å². The van der Waals surface area contributed by atoms with Crippen LogP contribution in [-0.4, -0.2) is 40.1 Å². The predicted molar refractivity (Wildman–Crippen MR) is 101 cm³/mol. The molecule has 3 aromatic rings. The van der Waals surface area contributed by atoms with E-state index in [1.54, 1.807) is 11.0 Å². The van der Waals surface area contributed by atoms with Gasteiger partial charge >= 0.3 is 5.97 Å². The molecule has 1 saturated heterocycles. The molecule has 1 aromatic heterocycles. The fourth-order valence-electron chi connectivity index (χ4n) is 3.45. The summed E-state index contributed by atoms with van der Waals surface area (Å²) in [5, 5.41) is 7.60. The van der Waals surface area contributed by atoms with E-state index in [1.807, 2.05) is 48.5 Å². The van der Waals surface area contributed by atoms with Gasteiger partial charge in [-0.1, -0.05) is 48.5 Å². The Morgan fingerprint density at radius 1 is 0.963 bits per heavy atom. The molecule has 0 unspecified atom stereocenters. The molecular weight excluding hydrogens is 342 g/mol. The third-order valence-electron chi connectivity index (χ3n) is 4.88. The second kappa shape index (κ2) is 7.61. The van der Waals surface area contributed by atoms with Crippen molar-refractivity contribution >= 4 is 22.8 Å². The van der Waals surface area contributed by atoms with E-state index in [9.17, 15) is 9.59 Å². The number of esters is 1. The summed E-state index contributed by atoms with van der Waals surface area (Å²) >= 11 is 0. The van der Waals surface area contributed by atoms with Gasteiger partial charge in [0.1, 0.15) is 0 Å². The molecule has 0 radical (unpaired) electrons.